The molecule has 1 N–H and O–H groups in total. The SMILES string of the molecule is Cc1cccc(C(C)C)c1NC(=O)CSCc1nc(-c2cccs2)no1. The summed E-state index contributed by atoms with van der Waals surface area (Å²) in [5.74, 6) is 2.31. The summed E-state index contributed by atoms with van der Waals surface area (Å²) in [6, 6.07) is 10.0. The number of anilines is 1. The zero-order valence-electron chi connectivity index (χ0n) is 15.0. The van der Waals surface area contributed by atoms with Crippen molar-refractivity contribution in [1.29, 1.82) is 0 Å². The quantitative estimate of drug-likeness (QED) is 0.611. The highest BCUT2D eigenvalue weighted by Gasteiger charge is 2.13. The third-order valence-electron chi connectivity index (χ3n) is 3.86. The minimum Gasteiger partial charge on any atom is -0.338 e. The van der Waals surface area contributed by atoms with Crippen LogP contribution in [-0.4, -0.2) is 21.8 Å². The maximum Gasteiger partial charge on any atom is 0.236 e. The molecule has 0 aliphatic heterocycles. The number of nitrogens with one attached hydrogen (secondary N) is 1. The Labute approximate surface area is 161 Å². The van der Waals surface area contributed by atoms with Crippen LogP contribution in [0.3, 0.4) is 0 Å². The Morgan fingerprint density at radius 3 is 2.88 bits per heavy atom. The molecular weight excluding hydrogens is 366 g/mol. The van der Waals surface area contributed by atoms with Gasteiger partial charge in [0.05, 0.1) is 16.4 Å². The lowest BCUT2D eigenvalue weighted by atomic mass is 9.98. The molecule has 0 radical (unpaired) electrons. The topological polar surface area (TPSA) is 68.0 Å². The van der Waals surface area contributed by atoms with Crippen molar-refractivity contribution in [3.63, 3.8) is 0 Å². The largest absolute Gasteiger partial charge is 0.338 e. The van der Waals surface area contributed by atoms with Gasteiger partial charge in [0, 0.05) is 5.69 Å². The molecule has 0 spiro atoms. The zero-order chi connectivity index (χ0) is 18.5. The van der Waals surface area contributed by atoms with Gasteiger partial charge in [-0.1, -0.05) is 43.3 Å². The summed E-state index contributed by atoms with van der Waals surface area (Å²) in [7, 11) is 0. The van der Waals surface area contributed by atoms with E-state index in [1.54, 1.807) is 11.3 Å². The van der Waals surface area contributed by atoms with E-state index >= 15 is 0 Å². The molecule has 0 bridgehead atoms. The van der Waals surface area contributed by atoms with Crippen LogP contribution in [0.5, 0.6) is 0 Å². The minimum atomic E-state index is -0.0239. The number of thiophene rings is 1. The number of nitrogens with zero attached hydrogens (tertiary/aromatic N) is 2. The fraction of sp³-hybridized carbons (Fsp3) is 0.316. The van der Waals surface area contributed by atoms with Crippen molar-refractivity contribution in [2.45, 2.75) is 32.4 Å². The molecule has 0 saturated carbocycles. The number of hydrogen-bond acceptors (Lipinski definition) is 6. The van der Waals surface area contributed by atoms with E-state index in [4.69, 9.17) is 4.52 Å². The van der Waals surface area contributed by atoms with Gasteiger partial charge in [-0.3, -0.25) is 4.79 Å². The number of aromatic nitrogens is 2. The normalized spacial score (nSPS) is 11.1. The summed E-state index contributed by atoms with van der Waals surface area (Å²) in [6.07, 6.45) is 0. The standard InChI is InChI=1S/C19H21N3O2S2/c1-12(2)14-7-4-6-13(3)18(14)20-16(23)10-25-11-17-21-19(22-24-17)15-8-5-9-26-15/h4-9,12H,10-11H2,1-3H3,(H,20,23). The fourth-order valence-corrected chi connectivity index (χ4v) is 3.87. The summed E-state index contributed by atoms with van der Waals surface area (Å²) in [5.41, 5.74) is 3.15. The Balaban J connectivity index is 1.54. The Kier molecular flexibility index (Phi) is 6.11. The molecule has 1 aromatic carbocycles. The van der Waals surface area contributed by atoms with Gasteiger partial charge >= 0.3 is 0 Å². The number of hydrogen-bond donors (Lipinski definition) is 1. The molecule has 5 nitrogen and oxygen atoms in total. The average molecular weight is 388 g/mol. The van der Waals surface area contributed by atoms with Crippen molar-refractivity contribution in [1.82, 2.24) is 10.1 Å². The zero-order valence-corrected chi connectivity index (χ0v) is 16.6. The smallest absolute Gasteiger partial charge is 0.236 e. The molecule has 3 aromatic rings. The van der Waals surface area contributed by atoms with Crippen LogP contribution in [-0.2, 0) is 10.5 Å². The molecule has 1 amide bonds. The highest BCUT2D eigenvalue weighted by atomic mass is 32.2. The average Bonchev–Trinajstić information content (AvgIpc) is 3.27. The minimum absolute atomic E-state index is 0.0239. The van der Waals surface area contributed by atoms with E-state index in [0.717, 1.165) is 21.7 Å². The maximum atomic E-state index is 12.3. The molecule has 136 valence electrons. The molecule has 0 atom stereocenters. The van der Waals surface area contributed by atoms with Crippen molar-refractivity contribution in [2.75, 3.05) is 11.1 Å². The number of amides is 1. The van der Waals surface area contributed by atoms with Crippen LogP contribution in [0.25, 0.3) is 10.7 Å². The summed E-state index contributed by atoms with van der Waals surface area (Å²) < 4.78 is 5.25. The van der Waals surface area contributed by atoms with E-state index in [0.29, 0.717) is 29.1 Å². The van der Waals surface area contributed by atoms with E-state index in [1.807, 2.05) is 36.6 Å². The van der Waals surface area contributed by atoms with Gasteiger partial charge in [-0.2, -0.15) is 4.98 Å². The van der Waals surface area contributed by atoms with E-state index in [9.17, 15) is 4.79 Å². The van der Waals surface area contributed by atoms with Crippen molar-refractivity contribution >= 4 is 34.7 Å². The number of benzene rings is 1. The van der Waals surface area contributed by atoms with Gasteiger partial charge in [0.25, 0.3) is 0 Å². The first-order valence-corrected chi connectivity index (χ1v) is 10.4. The number of thioether (sulfide) groups is 1. The molecule has 0 aliphatic rings. The monoisotopic (exact) mass is 387 g/mol. The predicted molar refractivity (Wildman–Crippen MR) is 108 cm³/mol. The molecule has 0 unspecified atom stereocenters. The van der Waals surface area contributed by atoms with E-state index in [-0.39, 0.29) is 5.91 Å². The van der Waals surface area contributed by atoms with Crippen LogP contribution in [0, 0.1) is 6.92 Å². The van der Waals surface area contributed by atoms with Crippen molar-refractivity contribution in [3.05, 3.63) is 52.7 Å². The number of rotatable bonds is 7. The second-order valence-electron chi connectivity index (χ2n) is 6.22. The van der Waals surface area contributed by atoms with Gasteiger partial charge in [-0.25, -0.2) is 0 Å². The Morgan fingerprint density at radius 2 is 2.15 bits per heavy atom. The second-order valence-corrected chi connectivity index (χ2v) is 8.16. The van der Waals surface area contributed by atoms with Gasteiger partial charge < -0.3 is 9.84 Å². The predicted octanol–water partition coefficient (Wildman–Crippen LogP) is 5.10. The van der Waals surface area contributed by atoms with Crippen molar-refractivity contribution in [2.24, 2.45) is 0 Å². The molecule has 26 heavy (non-hydrogen) atoms. The summed E-state index contributed by atoms with van der Waals surface area (Å²) in [6.45, 7) is 6.26. The van der Waals surface area contributed by atoms with Crippen molar-refractivity contribution in [3.8, 4) is 10.7 Å². The van der Waals surface area contributed by atoms with Crippen LogP contribution < -0.4 is 5.32 Å². The van der Waals surface area contributed by atoms with Gasteiger partial charge in [0.2, 0.25) is 17.6 Å². The van der Waals surface area contributed by atoms with Crippen molar-refractivity contribution < 1.29 is 9.32 Å². The third-order valence-corrected chi connectivity index (χ3v) is 5.64. The molecule has 0 saturated heterocycles. The van der Waals surface area contributed by atoms with Crippen LogP contribution in [0.15, 0.2) is 40.2 Å². The molecule has 2 heterocycles. The van der Waals surface area contributed by atoms with Gasteiger partial charge in [0.1, 0.15) is 0 Å². The molecule has 2 aromatic heterocycles. The first-order chi connectivity index (χ1) is 12.5. The highest BCUT2D eigenvalue weighted by Crippen LogP contribution is 2.28. The second kappa shape index (κ2) is 8.51. The molecule has 3 rings (SSSR count). The van der Waals surface area contributed by atoms with E-state index < -0.39 is 0 Å². The summed E-state index contributed by atoms with van der Waals surface area (Å²) in [4.78, 5) is 17.7. The maximum absolute atomic E-state index is 12.3. The van der Waals surface area contributed by atoms with Crippen LogP contribution in [0.2, 0.25) is 0 Å². The fourth-order valence-electron chi connectivity index (χ4n) is 2.57. The summed E-state index contributed by atoms with van der Waals surface area (Å²) >= 11 is 3.03. The first-order valence-electron chi connectivity index (χ1n) is 8.38. The molecular formula is C19H21N3O2S2. The third kappa shape index (κ3) is 4.53. The molecule has 7 heteroatoms. The number of carbonyl (C=O) groups excluding carboxylic acids is 1. The Bertz CT molecular complexity index is 873. The van der Waals surface area contributed by atoms with Gasteiger partial charge in [-0.15, -0.1) is 23.1 Å². The van der Waals surface area contributed by atoms with E-state index in [2.05, 4.69) is 35.4 Å². The highest BCUT2D eigenvalue weighted by molar-refractivity contribution is 7.99. The summed E-state index contributed by atoms with van der Waals surface area (Å²) in [5, 5.41) is 9.00. The lowest BCUT2D eigenvalue weighted by Crippen LogP contribution is -2.16. The first kappa shape index (κ1) is 18.7. The molecule has 0 fully saturated rings. The Morgan fingerprint density at radius 1 is 1.31 bits per heavy atom. The molecule has 0 aliphatic carbocycles. The van der Waals surface area contributed by atoms with E-state index in [1.165, 1.54) is 11.8 Å². The van der Waals surface area contributed by atoms with Gasteiger partial charge in [0.15, 0.2) is 0 Å². The number of aryl methyl sites for hydroxylation is 1. The van der Waals surface area contributed by atoms with Crippen LogP contribution in [0.1, 0.15) is 36.8 Å². The van der Waals surface area contributed by atoms with Gasteiger partial charge in [-0.05, 0) is 35.4 Å². The number of carbonyl (C=O) groups is 1. The van der Waals surface area contributed by atoms with Crippen LogP contribution in [0.4, 0.5) is 5.69 Å². The number of para-hydroxylation sites is 1. The lowest BCUT2D eigenvalue weighted by molar-refractivity contribution is -0.113. The Hall–Kier alpha value is -2.12. The van der Waals surface area contributed by atoms with Crippen LogP contribution >= 0.6 is 23.1 Å². The lowest BCUT2D eigenvalue weighted by Gasteiger charge is -2.16.